The van der Waals surface area contributed by atoms with Crippen molar-refractivity contribution >= 4 is 5.82 Å². The third kappa shape index (κ3) is 1.90. The third-order valence-corrected chi connectivity index (χ3v) is 3.98. The number of hydrogen-bond acceptors (Lipinski definition) is 4. The molecule has 0 saturated carbocycles. The van der Waals surface area contributed by atoms with E-state index in [1.807, 2.05) is 6.92 Å². The van der Waals surface area contributed by atoms with Crippen LogP contribution in [0, 0.1) is 12.8 Å². The molecule has 17 heavy (non-hydrogen) atoms. The number of nitrogens with one attached hydrogen (secondary N) is 1. The Morgan fingerprint density at radius 2 is 2.29 bits per heavy atom. The zero-order valence-electron chi connectivity index (χ0n) is 10.6. The molecular weight excluding hydrogens is 212 g/mol. The highest BCUT2D eigenvalue weighted by Crippen LogP contribution is 2.31. The first kappa shape index (κ1) is 11.0. The first-order chi connectivity index (χ1) is 8.28. The van der Waals surface area contributed by atoms with E-state index >= 15 is 0 Å². The van der Waals surface area contributed by atoms with Crippen molar-refractivity contribution < 1.29 is 0 Å². The lowest BCUT2D eigenvalue weighted by Gasteiger charge is -2.25. The van der Waals surface area contributed by atoms with Gasteiger partial charge in [0.05, 0.1) is 0 Å². The Morgan fingerprint density at radius 1 is 1.41 bits per heavy atom. The summed E-state index contributed by atoms with van der Waals surface area (Å²) in [4.78, 5) is 11.5. The van der Waals surface area contributed by atoms with Crippen LogP contribution in [0.3, 0.4) is 0 Å². The van der Waals surface area contributed by atoms with Gasteiger partial charge >= 0.3 is 0 Å². The average Bonchev–Trinajstić information content (AvgIpc) is 2.89. The van der Waals surface area contributed by atoms with Crippen LogP contribution in [-0.2, 0) is 6.42 Å². The van der Waals surface area contributed by atoms with E-state index in [4.69, 9.17) is 0 Å². The second-order valence-electron chi connectivity index (χ2n) is 5.09. The Bertz CT molecular complexity index is 418. The van der Waals surface area contributed by atoms with Gasteiger partial charge in [0, 0.05) is 37.4 Å². The average molecular weight is 232 g/mol. The topological polar surface area (TPSA) is 41.0 Å². The Labute approximate surface area is 102 Å². The van der Waals surface area contributed by atoms with Crippen LogP contribution in [0.1, 0.15) is 24.9 Å². The molecule has 1 aromatic heterocycles. The third-order valence-electron chi connectivity index (χ3n) is 3.98. The van der Waals surface area contributed by atoms with Gasteiger partial charge in [-0.25, -0.2) is 9.97 Å². The standard InChI is InChI=1S/C13H20N4/c1-3-11-6-13(16-9(2)15-11)17-5-4-10-7-14-8-12(10)17/h6,10,12,14H,3-5,7-8H2,1-2H3/t10-,12+/m0/s1. The monoisotopic (exact) mass is 232 g/mol. The molecule has 0 amide bonds. The maximum absolute atomic E-state index is 4.61. The quantitative estimate of drug-likeness (QED) is 0.830. The highest BCUT2D eigenvalue weighted by atomic mass is 15.3. The molecule has 0 unspecified atom stereocenters. The fourth-order valence-electron chi connectivity index (χ4n) is 3.07. The van der Waals surface area contributed by atoms with Gasteiger partial charge in [-0.15, -0.1) is 0 Å². The summed E-state index contributed by atoms with van der Waals surface area (Å²) in [7, 11) is 0. The first-order valence-corrected chi connectivity index (χ1v) is 6.60. The van der Waals surface area contributed by atoms with Gasteiger partial charge in [-0.05, 0) is 25.7 Å². The molecule has 2 saturated heterocycles. The van der Waals surface area contributed by atoms with Crippen molar-refractivity contribution in [1.29, 1.82) is 0 Å². The summed E-state index contributed by atoms with van der Waals surface area (Å²) >= 11 is 0. The smallest absolute Gasteiger partial charge is 0.132 e. The summed E-state index contributed by atoms with van der Waals surface area (Å²) in [5.41, 5.74) is 1.15. The summed E-state index contributed by atoms with van der Waals surface area (Å²) < 4.78 is 0. The summed E-state index contributed by atoms with van der Waals surface area (Å²) in [6.45, 7) is 7.57. The highest BCUT2D eigenvalue weighted by Gasteiger charge is 2.38. The number of nitrogens with zero attached hydrogens (tertiary/aromatic N) is 3. The number of aryl methyl sites for hydroxylation is 2. The molecule has 3 rings (SSSR count). The molecule has 2 aliphatic heterocycles. The van der Waals surface area contributed by atoms with Gasteiger partial charge in [0.2, 0.25) is 0 Å². The number of fused-ring (bicyclic) bond motifs is 1. The van der Waals surface area contributed by atoms with Gasteiger partial charge < -0.3 is 10.2 Å². The van der Waals surface area contributed by atoms with Gasteiger partial charge in [0.25, 0.3) is 0 Å². The van der Waals surface area contributed by atoms with Crippen LogP contribution in [0.25, 0.3) is 0 Å². The second-order valence-corrected chi connectivity index (χ2v) is 5.09. The van der Waals surface area contributed by atoms with Gasteiger partial charge in [-0.1, -0.05) is 6.92 Å². The minimum atomic E-state index is 0.647. The lowest BCUT2D eigenvalue weighted by Crippen LogP contribution is -2.35. The van der Waals surface area contributed by atoms with Crippen LogP contribution in [0.15, 0.2) is 6.07 Å². The zero-order chi connectivity index (χ0) is 11.8. The van der Waals surface area contributed by atoms with Crippen molar-refractivity contribution in [3.05, 3.63) is 17.6 Å². The van der Waals surface area contributed by atoms with Crippen molar-refractivity contribution in [3.63, 3.8) is 0 Å². The van der Waals surface area contributed by atoms with Crippen LogP contribution in [0.4, 0.5) is 5.82 Å². The fourth-order valence-corrected chi connectivity index (χ4v) is 3.07. The van der Waals surface area contributed by atoms with E-state index in [2.05, 4.69) is 33.2 Å². The highest BCUT2D eigenvalue weighted by molar-refractivity contribution is 5.43. The summed E-state index contributed by atoms with van der Waals surface area (Å²) in [5, 5.41) is 3.48. The van der Waals surface area contributed by atoms with Crippen LogP contribution < -0.4 is 10.2 Å². The Morgan fingerprint density at radius 3 is 3.12 bits per heavy atom. The van der Waals surface area contributed by atoms with E-state index in [0.717, 1.165) is 42.8 Å². The summed E-state index contributed by atoms with van der Waals surface area (Å²) in [6, 6.07) is 2.81. The van der Waals surface area contributed by atoms with Crippen molar-refractivity contribution in [3.8, 4) is 0 Å². The van der Waals surface area contributed by atoms with E-state index < -0.39 is 0 Å². The molecule has 2 aliphatic rings. The minimum absolute atomic E-state index is 0.647. The molecule has 0 spiro atoms. The largest absolute Gasteiger partial charge is 0.352 e. The lowest BCUT2D eigenvalue weighted by atomic mass is 10.1. The molecular formula is C13H20N4. The second kappa shape index (κ2) is 4.26. The van der Waals surface area contributed by atoms with E-state index in [1.54, 1.807) is 0 Å². The molecule has 4 heteroatoms. The molecule has 0 aliphatic carbocycles. The summed E-state index contributed by atoms with van der Waals surface area (Å²) in [6.07, 6.45) is 2.28. The molecule has 3 heterocycles. The van der Waals surface area contributed by atoms with Crippen LogP contribution in [0.2, 0.25) is 0 Å². The van der Waals surface area contributed by atoms with Crippen LogP contribution in [0.5, 0.6) is 0 Å². The lowest BCUT2D eigenvalue weighted by molar-refractivity contribution is 0.577. The molecule has 4 nitrogen and oxygen atoms in total. The number of hydrogen-bond donors (Lipinski definition) is 1. The van der Waals surface area contributed by atoms with E-state index in [0.29, 0.717) is 6.04 Å². The van der Waals surface area contributed by atoms with Crippen LogP contribution >= 0.6 is 0 Å². The molecule has 1 N–H and O–H groups in total. The number of aromatic nitrogens is 2. The molecule has 2 fully saturated rings. The Kier molecular flexibility index (Phi) is 2.74. The Balaban J connectivity index is 1.90. The normalized spacial score (nSPS) is 27.5. The van der Waals surface area contributed by atoms with E-state index in [-0.39, 0.29) is 0 Å². The summed E-state index contributed by atoms with van der Waals surface area (Å²) in [5.74, 6) is 2.84. The molecule has 0 aromatic carbocycles. The maximum atomic E-state index is 4.61. The molecule has 0 radical (unpaired) electrons. The zero-order valence-corrected chi connectivity index (χ0v) is 10.6. The van der Waals surface area contributed by atoms with Crippen molar-refractivity contribution in [2.24, 2.45) is 5.92 Å². The van der Waals surface area contributed by atoms with Crippen molar-refractivity contribution in [2.75, 3.05) is 24.5 Å². The van der Waals surface area contributed by atoms with Gasteiger partial charge in [-0.2, -0.15) is 0 Å². The van der Waals surface area contributed by atoms with E-state index in [9.17, 15) is 0 Å². The molecule has 92 valence electrons. The molecule has 2 atom stereocenters. The van der Waals surface area contributed by atoms with Crippen molar-refractivity contribution in [2.45, 2.75) is 32.7 Å². The van der Waals surface area contributed by atoms with Gasteiger partial charge in [0.1, 0.15) is 11.6 Å². The van der Waals surface area contributed by atoms with Crippen molar-refractivity contribution in [1.82, 2.24) is 15.3 Å². The fraction of sp³-hybridized carbons (Fsp3) is 0.692. The van der Waals surface area contributed by atoms with E-state index in [1.165, 1.54) is 13.0 Å². The Hall–Kier alpha value is -1.16. The predicted molar refractivity (Wildman–Crippen MR) is 68.3 cm³/mol. The van der Waals surface area contributed by atoms with Crippen LogP contribution in [-0.4, -0.2) is 35.6 Å². The molecule has 1 aromatic rings. The first-order valence-electron chi connectivity index (χ1n) is 6.60. The number of rotatable bonds is 2. The predicted octanol–water partition coefficient (Wildman–Crippen LogP) is 1.15. The maximum Gasteiger partial charge on any atom is 0.132 e. The molecule has 0 bridgehead atoms. The minimum Gasteiger partial charge on any atom is -0.352 e. The van der Waals surface area contributed by atoms with Gasteiger partial charge in [0.15, 0.2) is 0 Å². The van der Waals surface area contributed by atoms with Gasteiger partial charge in [-0.3, -0.25) is 0 Å². The SMILES string of the molecule is CCc1cc(N2CC[C@H]3CNC[C@H]32)nc(C)n1. The number of anilines is 1.